The third kappa shape index (κ3) is 18.8. The van der Waals surface area contributed by atoms with E-state index in [0.29, 0.717) is 11.2 Å². The molecule has 21 heterocycles. The number of nitrogens with one attached hydrogen (secondary N) is 3. The summed E-state index contributed by atoms with van der Waals surface area (Å²) in [5, 5.41) is -2.13. The first-order valence-electron chi connectivity index (χ1n) is 39.2. The second kappa shape index (κ2) is 36.7. The van der Waals surface area contributed by atoms with Gasteiger partial charge in [-0.1, -0.05) is 12.2 Å². The first-order valence-corrected chi connectivity index (χ1v) is 55.8. The van der Waals surface area contributed by atoms with Crippen LogP contribution in [0.15, 0.2) is 89.1 Å². The highest BCUT2D eigenvalue weighted by Gasteiger charge is 2.66. The molecule has 9 saturated heterocycles. The molecule has 9 aliphatic heterocycles. The number of H-pyrrole nitrogens is 3. The number of fused-ring (bicyclic) bond motifs is 15. The van der Waals surface area contributed by atoms with Crippen LogP contribution in [-0.4, -0.2) is 275 Å². The Morgan fingerprint density at radius 3 is 1.04 bits per heavy atom. The van der Waals surface area contributed by atoms with E-state index in [-0.39, 0.29) is 90.7 Å². The van der Waals surface area contributed by atoms with Gasteiger partial charge in [0.25, 0.3) is 16.7 Å². The van der Waals surface area contributed by atoms with Gasteiger partial charge in [-0.15, -0.1) is 11.8 Å². The number of rotatable bonds is 6. The summed E-state index contributed by atoms with van der Waals surface area (Å²) in [4.78, 5) is 147. The van der Waals surface area contributed by atoms with Gasteiger partial charge >= 0.3 is 52.2 Å². The number of alkyl halides is 8. The number of pyridine rings is 3. The number of thiol groups is 1. The number of thioether (sulfide) groups is 1. The average molecular weight is 2180 g/mol. The lowest BCUT2D eigenvalue weighted by molar-refractivity contribution is -0.118. The number of anilines is 6. The summed E-state index contributed by atoms with van der Waals surface area (Å²) in [6.07, 6.45) is -25.1. The van der Waals surface area contributed by atoms with E-state index in [2.05, 4.69) is 87.0 Å². The van der Waals surface area contributed by atoms with E-state index in [1.54, 1.807) is 0 Å². The van der Waals surface area contributed by atoms with Crippen molar-refractivity contribution in [1.29, 1.82) is 0 Å². The molecule has 12 aromatic rings. The maximum Gasteiger partial charge on any atom is 0.386 e. The van der Waals surface area contributed by atoms with E-state index in [0.717, 1.165) is 33.6 Å². The number of aromatic amines is 3. The molecule has 0 radical (unpaired) electrons. The quantitative estimate of drug-likeness (QED) is 0.0643. The molecular formula is C63H67F8N27O26P6S7. The number of halogens is 8. The van der Waals surface area contributed by atoms with Gasteiger partial charge in [0.15, 0.2) is 125 Å². The van der Waals surface area contributed by atoms with Crippen LogP contribution < -0.4 is 51.1 Å². The standard InChI is InChI=1S/2C21H22F3N9O9P2S2.C21H23F2N9O8P2S3/c2*22-10-13-8(39-18(10)32-5-28-11-7(25)1-2-27-15(11)32)3-37-44(36,46)42-14-19(33-6-29-12-16(33)30-20(26)31-17(12)34)40-9(21(14,23)24)4-38-43(35,45)41-13;22-10-9-4-37-42(35,44)39-14-8(38-19(11(14)23)31-5-27-12-7(24)1-2-26-16(12)31)3-36-41(34,43)40-15(10)20(45-9)32-6-28-13-17(32)29-21(25)30-18(13)33/h2*1-2,5-6,8-10,13-14,18-19H,3-4H2,(H2,25,27)(H,35,45)(H,36,46)(H3,26,30,31,34);1-2,5-6,8-11,14-15,19-20H,3-4H2,(H2,24,26)(H,34,43)(H,35,44)(H3,25,29,30,33)/t2*8-,9-,10+,13-,14+,18-,19-,43?,44?;8-,9-,10+,11+,14-,15-,19-,20-,41?,42?/m111/s1. The maximum absolute atomic E-state index is 16.0. The number of aromatic nitrogens is 21. The van der Waals surface area contributed by atoms with Crippen LogP contribution >= 0.6 is 64.4 Å². The van der Waals surface area contributed by atoms with E-state index in [1.165, 1.54) is 80.4 Å². The molecular weight excluding hydrogens is 2110 g/mol. The van der Waals surface area contributed by atoms with Crippen molar-refractivity contribution in [3.05, 3.63) is 106 Å². The number of nitrogens with two attached hydrogens (primary N) is 6. The van der Waals surface area contributed by atoms with Gasteiger partial charge in [-0.3, -0.25) is 88.4 Å². The third-order valence-electron chi connectivity index (χ3n) is 22.2. The minimum atomic E-state index is -4.62. The van der Waals surface area contributed by atoms with E-state index in [4.69, 9.17) is 171 Å². The Balaban J connectivity index is 0.000000132. The molecule has 0 spiro atoms. The van der Waals surface area contributed by atoms with Gasteiger partial charge in [0.2, 0.25) is 17.8 Å². The van der Waals surface area contributed by atoms with Crippen LogP contribution in [0.5, 0.6) is 0 Å². The van der Waals surface area contributed by atoms with Crippen molar-refractivity contribution in [2.75, 3.05) is 74.0 Å². The van der Waals surface area contributed by atoms with Crippen molar-refractivity contribution in [3.63, 3.8) is 0 Å². The zero-order valence-electron chi connectivity index (χ0n) is 67.8. The topological polar surface area (TPSA) is 714 Å². The lowest BCUT2D eigenvalue weighted by Gasteiger charge is -2.28. The molecule has 20 N–H and O–H groups in total. The lowest BCUT2D eigenvalue weighted by Crippen LogP contribution is -2.42. The molecule has 53 nitrogen and oxygen atoms in total. The summed E-state index contributed by atoms with van der Waals surface area (Å²) < 4.78 is 241. The van der Waals surface area contributed by atoms with Crippen LogP contribution in [-0.2, 0) is 142 Å². The Morgan fingerprint density at radius 2 is 0.686 bits per heavy atom. The van der Waals surface area contributed by atoms with Gasteiger partial charge < -0.3 is 105 Å². The number of nitrogen functional groups attached to an aromatic ring is 6. The van der Waals surface area contributed by atoms with Crippen LogP contribution in [0.25, 0.3) is 67.0 Å². The largest absolute Gasteiger partial charge is 0.397 e. The Bertz CT molecular complexity index is 7000. The van der Waals surface area contributed by atoms with E-state index < -0.39 is 242 Å². The van der Waals surface area contributed by atoms with Gasteiger partial charge in [0.1, 0.15) is 70.8 Å². The minimum absolute atomic E-state index is 0.0121. The first kappa shape index (κ1) is 98.2. The summed E-state index contributed by atoms with van der Waals surface area (Å²) in [6, 6.07) is 4.51. The molecule has 0 aliphatic carbocycles. The predicted octanol–water partition coefficient (Wildman–Crippen LogP) is 3.48. The Kier molecular flexibility index (Phi) is 26.3. The van der Waals surface area contributed by atoms with Crippen LogP contribution in [0.1, 0.15) is 36.5 Å². The SMILES string of the molecule is Nc1nc2c(ncn2[C@@H]2O[C@@H]3COP(O)(=S)O[C@H]4[C@H](F)[C@H](n5cnc6c(N)ccnc65)O[C@@H]4COP(O)(=S)O[C@@H]2C3(F)F)c(=O)[nH]1.Nc1nc2c(ncn2[C@@H]2O[C@@H]3COP(O)(=S)O[C@H]4[C@H](F)[C@H](n5cnc6c(N)ccnc65)O[C@@H]4COP(O)(=S)O[C@@H]2C3(F)F)c(=O)[nH]1.Nc1nc2c(ncn2[C@@H]2S[C@@H]3COP(=O)(S)O[C@H]4[C@H](F)[C@H](n5cnc6c(N)ccnc65)O[C@@H]4COP(O)(=S)O[C@@H]2[C@H]3F)c(=O)[nH]1. The normalized spacial score (nSPS) is 37.0. The van der Waals surface area contributed by atoms with Crippen molar-refractivity contribution in [2.24, 2.45) is 0 Å². The van der Waals surface area contributed by atoms with Gasteiger partial charge in [-0.25, -0.2) is 84.5 Å². The third-order valence-corrected chi connectivity index (χ3v) is 33.1. The predicted molar refractivity (Wildman–Crippen MR) is 477 cm³/mol. The Hall–Kier alpha value is -7.55. The van der Waals surface area contributed by atoms with Crippen LogP contribution in [0.2, 0.25) is 0 Å². The Labute approximate surface area is 790 Å². The van der Waals surface area contributed by atoms with E-state index >= 15 is 35.1 Å². The second-order valence-electron chi connectivity index (χ2n) is 30.8. The molecule has 0 aromatic carbocycles. The number of hydrogen-bond donors (Lipinski definition) is 15. The van der Waals surface area contributed by atoms with Crippen LogP contribution in [0.4, 0.5) is 70.0 Å². The molecule has 0 amide bonds. The summed E-state index contributed by atoms with van der Waals surface area (Å²) in [5.74, 6) is -8.93. The summed E-state index contributed by atoms with van der Waals surface area (Å²) in [7, 11) is 0. The van der Waals surface area contributed by atoms with Crippen molar-refractivity contribution in [2.45, 2.75) is 145 Å². The molecule has 738 valence electrons. The number of imidazole rings is 6. The van der Waals surface area contributed by atoms with E-state index in [9.17, 15) is 43.4 Å². The van der Waals surface area contributed by atoms with Crippen molar-refractivity contribution < 1.29 is 142 Å². The molecule has 6 unspecified atom stereocenters. The maximum atomic E-state index is 16.0. The van der Waals surface area contributed by atoms with Crippen LogP contribution in [0, 0.1) is 0 Å². The fourth-order valence-corrected chi connectivity index (χ4v) is 26.1. The molecule has 6 bridgehead atoms. The van der Waals surface area contributed by atoms with Crippen LogP contribution in [0.3, 0.4) is 0 Å². The monoisotopic (exact) mass is 2180 g/mol. The molecule has 9 aliphatic rings. The molecule has 21 rings (SSSR count). The zero-order valence-corrected chi connectivity index (χ0v) is 79.0. The molecule has 74 heteroatoms. The van der Waals surface area contributed by atoms with Crippen molar-refractivity contribution in [3.8, 4) is 0 Å². The fourth-order valence-electron chi connectivity index (χ4n) is 16.0. The minimum Gasteiger partial charge on any atom is -0.397 e. The van der Waals surface area contributed by atoms with Gasteiger partial charge in [-0.2, -0.15) is 15.0 Å². The summed E-state index contributed by atoms with van der Waals surface area (Å²) >= 11 is 30.4. The van der Waals surface area contributed by atoms with Gasteiger partial charge in [0, 0.05) is 18.6 Å². The summed E-state index contributed by atoms with van der Waals surface area (Å²) in [6.45, 7) is -31.8. The van der Waals surface area contributed by atoms with Crippen molar-refractivity contribution >= 4 is 225 Å². The first-order chi connectivity index (χ1) is 64.6. The number of ether oxygens (including phenoxy) is 5. The van der Waals surface area contributed by atoms with Gasteiger partial charge in [-0.05, 0) is 77.2 Å². The van der Waals surface area contributed by atoms with Crippen molar-refractivity contribution in [1.82, 2.24) is 102 Å². The zero-order chi connectivity index (χ0) is 97.4. The fraction of sp³-hybridized carbons (Fsp3) is 0.476. The second-order valence-corrected chi connectivity index (χ2v) is 49.0. The molecule has 137 heavy (non-hydrogen) atoms. The summed E-state index contributed by atoms with van der Waals surface area (Å²) in [5.41, 5.74) is 33.7. The van der Waals surface area contributed by atoms with Gasteiger partial charge in [0.05, 0.1) is 99.9 Å². The average Bonchev–Trinajstić information content (AvgIpc) is 1.59. The lowest BCUT2D eigenvalue weighted by atomic mass is 10.1. The molecule has 0 saturated carbocycles. The highest BCUT2D eigenvalue weighted by molar-refractivity contribution is 8.44. The van der Waals surface area contributed by atoms with E-state index in [1.807, 2.05) is 0 Å². The Morgan fingerprint density at radius 1 is 0.387 bits per heavy atom. The molecule has 12 aromatic heterocycles. The smallest absolute Gasteiger partial charge is 0.386 e. The highest BCUT2D eigenvalue weighted by atomic mass is 32.7. The number of nitrogens with zero attached hydrogens (tertiary/aromatic N) is 18. The molecule has 9 fully saturated rings. The number of hydrogen-bond acceptors (Lipinski definition) is 45. The molecule has 28 atom stereocenters. The highest BCUT2D eigenvalue weighted by Crippen LogP contribution is 2.64.